The van der Waals surface area contributed by atoms with Gasteiger partial charge in [0.25, 0.3) is 0 Å². The second-order valence-corrected chi connectivity index (χ2v) is 6.40. The average molecular weight is 314 g/mol. The zero-order chi connectivity index (χ0) is 15.6. The molecule has 0 aliphatic carbocycles. The van der Waals surface area contributed by atoms with E-state index in [1.165, 1.54) is 0 Å². The molecule has 1 amide bonds. The molecule has 2 aromatic rings. The van der Waals surface area contributed by atoms with Crippen molar-refractivity contribution in [3.05, 3.63) is 24.0 Å². The van der Waals surface area contributed by atoms with Crippen molar-refractivity contribution in [3.8, 4) is 0 Å². The molecule has 2 atom stereocenters. The lowest BCUT2D eigenvalue weighted by atomic mass is 10.1. The number of nitrogens with one attached hydrogen (secondary N) is 3. The van der Waals surface area contributed by atoms with Gasteiger partial charge in [-0.15, -0.1) is 0 Å². The molecular formula is C17H22N4O2. The van der Waals surface area contributed by atoms with Crippen LogP contribution in [0.5, 0.6) is 0 Å². The number of hydrogen-bond donors (Lipinski definition) is 3. The Morgan fingerprint density at radius 2 is 2.30 bits per heavy atom. The molecule has 3 N–H and O–H groups in total. The smallest absolute Gasteiger partial charge is 0.225 e. The zero-order valence-electron chi connectivity index (χ0n) is 13.1. The standard InChI is InChI=1S/C17H22N4O2/c22-16(10-11-3-1-7-18-11)19-12-5-6-13-14(9-12)21-17(20-13)15-4-2-8-23-15/h5-6,9,11,15,18H,1-4,7-8,10H2,(H,19,22)(H,20,21). The minimum Gasteiger partial charge on any atom is -0.370 e. The maximum Gasteiger partial charge on any atom is 0.225 e. The van der Waals surface area contributed by atoms with E-state index in [2.05, 4.69) is 20.6 Å². The molecule has 6 nitrogen and oxygen atoms in total. The molecule has 0 saturated carbocycles. The third-order valence-electron chi connectivity index (χ3n) is 4.61. The molecule has 2 aliphatic rings. The van der Waals surface area contributed by atoms with Crippen molar-refractivity contribution in [1.82, 2.24) is 15.3 Å². The fourth-order valence-corrected chi connectivity index (χ4v) is 3.42. The minimum absolute atomic E-state index is 0.0580. The number of nitrogens with zero attached hydrogens (tertiary/aromatic N) is 1. The van der Waals surface area contributed by atoms with Crippen molar-refractivity contribution in [2.24, 2.45) is 0 Å². The number of imidazole rings is 1. The van der Waals surface area contributed by atoms with Crippen LogP contribution in [0.3, 0.4) is 0 Å². The normalized spacial score (nSPS) is 24.3. The maximum atomic E-state index is 12.1. The topological polar surface area (TPSA) is 79.0 Å². The summed E-state index contributed by atoms with van der Waals surface area (Å²) in [5, 5.41) is 6.33. The van der Waals surface area contributed by atoms with Crippen LogP contribution in [0, 0.1) is 0 Å². The van der Waals surface area contributed by atoms with E-state index in [-0.39, 0.29) is 12.0 Å². The number of amides is 1. The predicted molar refractivity (Wildman–Crippen MR) is 88.3 cm³/mol. The van der Waals surface area contributed by atoms with Gasteiger partial charge in [0.05, 0.1) is 11.0 Å². The zero-order valence-corrected chi connectivity index (χ0v) is 13.1. The van der Waals surface area contributed by atoms with Crippen LogP contribution in [0.25, 0.3) is 11.0 Å². The van der Waals surface area contributed by atoms with E-state index in [0.717, 1.165) is 61.4 Å². The van der Waals surface area contributed by atoms with Gasteiger partial charge in [-0.2, -0.15) is 0 Å². The van der Waals surface area contributed by atoms with E-state index >= 15 is 0 Å². The Balaban J connectivity index is 1.46. The second kappa shape index (κ2) is 6.29. The van der Waals surface area contributed by atoms with Crippen molar-refractivity contribution in [3.63, 3.8) is 0 Å². The first-order valence-electron chi connectivity index (χ1n) is 8.42. The fourth-order valence-electron chi connectivity index (χ4n) is 3.42. The molecule has 1 aromatic carbocycles. The van der Waals surface area contributed by atoms with Gasteiger partial charge in [-0.05, 0) is 50.4 Å². The molecule has 3 heterocycles. The lowest BCUT2D eigenvalue weighted by molar-refractivity contribution is -0.116. The van der Waals surface area contributed by atoms with Crippen molar-refractivity contribution < 1.29 is 9.53 Å². The number of anilines is 1. The summed E-state index contributed by atoms with van der Waals surface area (Å²) >= 11 is 0. The number of H-pyrrole nitrogens is 1. The van der Waals surface area contributed by atoms with E-state index in [9.17, 15) is 4.79 Å². The summed E-state index contributed by atoms with van der Waals surface area (Å²) in [5.41, 5.74) is 2.65. The Hall–Kier alpha value is -1.92. The highest BCUT2D eigenvalue weighted by Crippen LogP contribution is 2.28. The molecule has 2 fully saturated rings. The van der Waals surface area contributed by atoms with Gasteiger partial charge in [0.1, 0.15) is 11.9 Å². The van der Waals surface area contributed by atoms with Crippen molar-refractivity contribution in [2.45, 2.75) is 44.2 Å². The molecule has 0 radical (unpaired) electrons. The van der Waals surface area contributed by atoms with Crippen LogP contribution in [-0.4, -0.2) is 35.1 Å². The quantitative estimate of drug-likeness (QED) is 0.810. The monoisotopic (exact) mass is 314 g/mol. The third kappa shape index (κ3) is 3.23. The molecule has 2 aliphatic heterocycles. The molecule has 2 unspecified atom stereocenters. The summed E-state index contributed by atoms with van der Waals surface area (Å²) in [7, 11) is 0. The highest BCUT2D eigenvalue weighted by molar-refractivity contribution is 5.93. The molecule has 0 bridgehead atoms. The van der Waals surface area contributed by atoms with E-state index in [1.54, 1.807) is 0 Å². The predicted octanol–water partition coefficient (Wildman–Crippen LogP) is 2.50. The van der Waals surface area contributed by atoms with Crippen molar-refractivity contribution in [2.75, 3.05) is 18.5 Å². The Labute approximate surface area is 135 Å². The Morgan fingerprint density at radius 3 is 3.09 bits per heavy atom. The number of aromatic nitrogens is 2. The average Bonchev–Trinajstić information content (AvgIpc) is 3.27. The number of carbonyl (C=O) groups is 1. The molecule has 23 heavy (non-hydrogen) atoms. The lowest BCUT2D eigenvalue weighted by Crippen LogP contribution is -2.27. The second-order valence-electron chi connectivity index (χ2n) is 6.40. The summed E-state index contributed by atoms with van der Waals surface area (Å²) in [6.07, 6.45) is 4.94. The highest BCUT2D eigenvalue weighted by atomic mass is 16.5. The first-order valence-corrected chi connectivity index (χ1v) is 8.42. The van der Waals surface area contributed by atoms with Gasteiger partial charge in [0.2, 0.25) is 5.91 Å². The summed E-state index contributed by atoms with van der Waals surface area (Å²) in [4.78, 5) is 20.0. The molecule has 1 aromatic heterocycles. The molecule has 0 spiro atoms. The van der Waals surface area contributed by atoms with Crippen molar-refractivity contribution in [1.29, 1.82) is 0 Å². The number of ether oxygens (including phenoxy) is 1. The number of benzene rings is 1. The fraction of sp³-hybridized carbons (Fsp3) is 0.529. The van der Waals surface area contributed by atoms with Gasteiger partial charge in [-0.3, -0.25) is 4.79 Å². The van der Waals surface area contributed by atoms with Gasteiger partial charge in [0, 0.05) is 24.8 Å². The van der Waals surface area contributed by atoms with Gasteiger partial charge >= 0.3 is 0 Å². The van der Waals surface area contributed by atoms with Gasteiger partial charge in [0.15, 0.2) is 0 Å². The molecule has 4 rings (SSSR count). The first kappa shape index (κ1) is 14.7. The Morgan fingerprint density at radius 1 is 1.35 bits per heavy atom. The van der Waals surface area contributed by atoms with E-state index in [1.807, 2.05) is 18.2 Å². The van der Waals surface area contributed by atoms with Crippen LogP contribution in [0.4, 0.5) is 5.69 Å². The van der Waals surface area contributed by atoms with E-state index < -0.39 is 0 Å². The van der Waals surface area contributed by atoms with E-state index in [4.69, 9.17) is 4.74 Å². The Bertz CT molecular complexity index is 700. The van der Waals surface area contributed by atoms with Gasteiger partial charge < -0.3 is 20.4 Å². The van der Waals surface area contributed by atoms with Crippen LogP contribution >= 0.6 is 0 Å². The molecular weight excluding hydrogens is 292 g/mol. The largest absolute Gasteiger partial charge is 0.370 e. The molecule has 2 saturated heterocycles. The van der Waals surface area contributed by atoms with Gasteiger partial charge in [-0.25, -0.2) is 4.98 Å². The number of aromatic amines is 1. The highest BCUT2D eigenvalue weighted by Gasteiger charge is 2.21. The number of hydrogen-bond acceptors (Lipinski definition) is 4. The Kier molecular flexibility index (Phi) is 4.01. The van der Waals surface area contributed by atoms with Crippen LogP contribution in [0.2, 0.25) is 0 Å². The minimum atomic E-state index is 0.0580. The van der Waals surface area contributed by atoms with Gasteiger partial charge in [-0.1, -0.05) is 0 Å². The van der Waals surface area contributed by atoms with Crippen LogP contribution in [0.15, 0.2) is 18.2 Å². The van der Waals surface area contributed by atoms with Crippen LogP contribution in [-0.2, 0) is 9.53 Å². The van der Waals surface area contributed by atoms with E-state index in [0.29, 0.717) is 12.5 Å². The summed E-state index contributed by atoms with van der Waals surface area (Å²) in [5.74, 6) is 0.943. The first-order chi connectivity index (χ1) is 11.3. The number of carbonyl (C=O) groups excluding carboxylic acids is 1. The van der Waals surface area contributed by atoms with Crippen LogP contribution in [0.1, 0.15) is 44.0 Å². The SMILES string of the molecule is O=C(CC1CCCN1)Nc1ccc2nc(C3CCCO3)[nH]c2c1. The number of fused-ring (bicyclic) bond motifs is 1. The van der Waals surface area contributed by atoms with Crippen LogP contribution < -0.4 is 10.6 Å². The third-order valence-corrected chi connectivity index (χ3v) is 4.61. The summed E-state index contributed by atoms with van der Waals surface area (Å²) < 4.78 is 5.67. The lowest BCUT2D eigenvalue weighted by Gasteiger charge is -2.10. The van der Waals surface area contributed by atoms with Crippen molar-refractivity contribution >= 4 is 22.6 Å². The molecule has 122 valence electrons. The maximum absolute atomic E-state index is 12.1. The summed E-state index contributed by atoms with van der Waals surface area (Å²) in [6, 6.07) is 6.11. The number of rotatable bonds is 4. The molecule has 6 heteroatoms. The summed E-state index contributed by atoms with van der Waals surface area (Å²) in [6.45, 7) is 1.82.